The zero-order chi connectivity index (χ0) is 22.0. The Labute approximate surface area is 171 Å². The highest BCUT2D eigenvalue weighted by molar-refractivity contribution is 6.18. The number of aromatic nitrogens is 2. The topological polar surface area (TPSA) is 117 Å². The van der Waals surface area contributed by atoms with Gasteiger partial charge in [-0.25, -0.2) is 9.18 Å². The maximum atomic E-state index is 16.1. The summed E-state index contributed by atoms with van der Waals surface area (Å²) in [5.74, 6) is -5.49. The minimum Gasteiger partial charge on any atom is -0.462 e. The second-order valence-corrected chi connectivity index (χ2v) is 7.79. The van der Waals surface area contributed by atoms with Gasteiger partial charge in [0.1, 0.15) is 13.2 Å². The Morgan fingerprint density at radius 3 is 2.45 bits per heavy atom. The lowest BCUT2D eigenvalue weighted by molar-refractivity contribution is -0.181. The summed E-state index contributed by atoms with van der Waals surface area (Å²) >= 11 is 6.05. The van der Waals surface area contributed by atoms with E-state index in [1.165, 1.54) is 0 Å². The predicted molar refractivity (Wildman–Crippen MR) is 100 cm³/mol. The minimum atomic E-state index is -2.69. The Kier molecular flexibility index (Phi) is 6.89. The molecule has 1 N–H and O–H groups in total. The maximum absolute atomic E-state index is 16.1. The number of alkyl halides is 2. The minimum absolute atomic E-state index is 0.391. The third-order valence-electron chi connectivity index (χ3n) is 4.53. The monoisotopic (exact) mass is 434 g/mol. The molecule has 1 aromatic heterocycles. The highest BCUT2D eigenvalue weighted by atomic mass is 35.5. The first-order valence-corrected chi connectivity index (χ1v) is 9.58. The SMILES string of the molecule is CC(C)C(=O)OC[C@@]1(CCl)OC[C@](F)(n2ccc(=O)[nH]c2=O)[C@@H]1OC(=O)C(C)C. The van der Waals surface area contributed by atoms with Crippen molar-refractivity contribution in [3.05, 3.63) is 33.1 Å². The van der Waals surface area contributed by atoms with Gasteiger partial charge < -0.3 is 14.2 Å². The zero-order valence-electron chi connectivity index (χ0n) is 16.6. The molecule has 1 aliphatic rings. The van der Waals surface area contributed by atoms with Gasteiger partial charge in [0.2, 0.25) is 0 Å². The van der Waals surface area contributed by atoms with Crippen molar-refractivity contribution in [1.29, 1.82) is 0 Å². The van der Waals surface area contributed by atoms with Gasteiger partial charge in [-0.05, 0) is 0 Å². The van der Waals surface area contributed by atoms with Crippen LogP contribution in [0.2, 0.25) is 0 Å². The molecule has 1 aromatic rings. The number of nitrogens with one attached hydrogen (secondary N) is 1. The quantitative estimate of drug-likeness (QED) is 0.501. The number of halogens is 2. The van der Waals surface area contributed by atoms with E-state index in [0.29, 0.717) is 4.57 Å². The van der Waals surface area contributed by atoms with Crippen LogP contribution in [0.4, 0.5) is 4.39 Å². The van der Waals surface area contributed by atoms with E-state index in [1.54, 1.807) is 27.7 Å². The Morgan fingerprint density at radius 1 is 1.31 bits per heavy atom. The predicted octanol–water partition coefficient (Wildman–Crippen LogP) is 0.934. The van der Waals surface area contributed by atoms with E-state index >= 15 is 4.39 Å². The highest BCUT2D eigenvalue weighted by Crippen LogP contribution is 2.43. The number of H-pyrrole nitrogens is 1. The number of carbonyl (C=O) groups is 2. The van der Waals surface area contributed by atoms with Gasteiger partial charge in [0.15, 0.2) is 11.7 Å². The summed E-state index contributed by atoms with van der Waals surface area (Å²) in [6, 6.07) is 0.948. The lowest BCUT2D eigenvalue weighted by Crippen LogP contribution is -2.57. The molecule has 2 rings (SSSR count). The molecule has 0 spiro atoms. The van der Waals surface area contributed by atoms with Crippen LogP contribution in [0, 0.1) is 11.8 Å². The number of nitrogens with zero attached hydrogens (tertiary/aromatic N) is 1. The third-order valence-corrected chi connectivity index (χ3v) is 4.98. The van der Waals surface area contributed by atoms with Gasteiger partial charge >= 0.3 is 17.6 Å². The lowest BCUT2D eigenvalue weighted by atomic mass is 9.94. The van der Waals surface area contributed by atoms with E-state index in [9.17, 15) is 19.2 Å². The highest BCUT2D eigenvalue weighted by Gasteiger charge is 2.64. The van der Waals surface area contributed by atoms with Crippen molar-refractivity contribution in [2.24, 2.45) is 11.8 Å². The standard InChI is InChI=1S/C18H24ClFN2O7/c1-10(2)13(24)27-8-17(7-19)15(29-14(25)11(3)4)18(20,9-28-17)22-6-5-12(23)21-16(22)26/h5-6,10-11,15H,7-9H2,1-4H3,(H,21,23,26)/t15-,17-,18+/m1/s1. The van der Waals surface area contributed by atoms with Crippen LogP contribution in [-0.4, -0.2) is 52.3 Å². The maximum Gasteiger partial charge on any atom is 0.331 e. The van der Waals surface area contributed by atoms with Gasteiger partial charge in [-0.2, -0.15) is 0 Å². The van der Waals surface area contributed by atoms with Crippen LogP contribution >= 0.6 is 11.6 Å². The molecular weight excluding hydrogens is 411 g/mol. The van der Waals surface area contributed by atoms with Gasteiger partial charge in [-0.15, -0.1) is 11.6 Å². The Hall–Kier alpha value is -2.20. The second kappa shape index (κ2) is 8.66. The molecule has 0 bridgehead atoms. The molecule has 9 nitrogen and oxygen atoms in total. The second-order valence-electron chi connectivity index (χ2n) is 7.52. The summed E-state index contributed by atoms with van der Waals surface area (Å²) < 4.78 is 32.8. The van der Waals surface area contributed by atoms with Gasteiger partial charge in [0, 0.05) is 12.3 Å². The van der Waals surface area contributed by atoms with E-state index in [0.717, 1.165) is 12.3 Å². The number of rotatable bonds is 7. The zero-order valence-corrected chi connectivity index (χ0v) is 17.3. The summed E-state index contributed by atoms with van der Waals surface area (Å²) in [6.45, 7) is 5.10. The number of carbonyl (C=O) groups excluding carboxylic acids is 2. The van der Waals surface area contributed by atoms with Gasteiger partial charge in [-0.1, -0.05) is 27.7 Å². The molecule has 0 radical (unpaired) electrons. The first-order chi connectivity index (χ1) is 13.5. The average molecular weight is 435 g/mol. The van der Waals surface area contributed by atoms with Gasteiger partial charge in [-0.3, -0.25) is 23.9 Å². The molecule has 0 aliphatic carbocycles. The van der Waals surface area contributed by atoms with Crippen LogP contribution in [0.1, 0.15) is 27.7 Å². The fourth-order valence-electron chi connectivity index (χ4n) is 2.78. The van der Waals surface area contributed by atoms with Crippen LogP contribution in [0.25, 0.3) is 0 Å². The molecule has 1 fully saturated rings. The lowest BCUT2D eigenvalue weighted by Gasteiger charge is -2.35. The van der Waals surface area contributed by atoms with Crippen LogP contribution in [0.15, 0.2) is 21.9 Å². The molecule has 162 valence electrons. The fourth-order valence-corrected chi connectivity index (χ4v) is 3.07. The van der Waals surface area contributed by atoms with E-state index in [2.05, 4.69) is 0 Å². The number of esters is 2. The van der Waals surface area contributed by atoms with E-state index < -0.39 is 71.6 Å². The first-order valence-electron chi connectivity index (χ1n) is 9.05. The summed E-state index contributed by atoms with van der Waals surface area (Å²) in [5.41, 5.74) is -3.52. The molecule has 29 heavy (non-hydrogen) atoms. The third kappa shape index (κ3) is 4.53. The number of ether oxygens (including phenoxy) is 3. The van der Waals surface area contributed by atoms with Crippen molar-refractivity contribution in [2.75, 3.05) is 19.1 Å². The van der Waals surface area contributed by atoms with E-state index in [4.69, 9.17) is 25.8 Å². The molecule has 0 amide bonds. The Bertz CT molecular complexity index is 883. The van der Waals surface area contributed by atoms with Crippen LogP contribution in [0.3, 0.4) is 0 Å². The van der Waals surface area contributed by atoms with E-state index in [1.807, 2.05) is 4.98 Å². The van der Waals surface area contributed by atoms with Crippen LogP contribution in [0.5, 0.6) is 0 Å². The van der Waals surface area contributed by atoms with Crippen molar-refractivity contribution in [1.82, 2.24) is 9.55 Å². The molecular formula is C18H24ClFN2O7. The molecule has 1 aliphatic heterocycles. The number of hydrogen-bond donors (Lipinski definition) is 1. The molecule has 0 saturated carbocycles. The Balaban J connectivity index is 2.51. The van der Waals surface area contributed by atoms with Crippen molar-refractivity contribution in [2.45, 2.75) is 45.2 Å². The summed E-state index contributed by atoms with van der Waals surface area (Å²) in [4.78, 5) is 49.7. The largest absolute Gasteiger partial charge is 0.462 e. The summed E-state index contributed by atoms with van der Waals surface area (Å²) in [7, 11) is 0. The molecule has 0 unspecified atom stereocenters. The Morgan fingerprint density at radius 2 is 1.93 bits per heavy atom. The molecule has 2 heterocycles. The van der Waals surface area contributed by atoms with Gasteiger partial charge in [0.05, 0.1) is 17.7 Å². The smallest absolute Gasteiger partial charge is 0.331 e. The summed E-state index contributed by atoms with van der Waals surface area (Å²) in [6.07, 6.45) is -0.781. The van der Waals surface area contributed by atoms with Crippen molar-refractivity contribution >= 4 is 23.5 Å². The first kappa shape index (κ1) is 23.1. The van der Waals surface area contributed by atoms with Crippen LogP contribution < -0.4 is 11.2 Å². The normalized spacial score (nSPS) is 26.7. The number of hydrogen-bond acceptors (Lipinski definition) is 7. The van der Waals surface area contributed by atoms with Gasteiger partial charge in [0.25, 0.3) is 11.4 Å². The summed E-state index contributed by atoms with van der Waals surface area (Å²) in [5, 5.41) is 0. The van der Waals surface area contributed by atoms with Crippen molar-refractivity contribution < 1.29 is 28.2 Å². The van der Waals surface area contributed by atoms with E-state index in [-0.39, 0.29) is 0 Å². The molecule has 0 aromatic carbocycles. The fraction of sp³-hybridized carbons (Fsp3) is 0.667. The number of aromatic amines is 1. The molecule has 3 atom stereocenters. The van der Waals surface area contributed by atoms with Crippen molar-refractivity contribution in [3.63, 3.8) is 0 Å². The molecule has 11 heteroatoms. The molecule has 1 saturated heterocycles. The average Bonchev–Trinajstić information content (AvgIpc) is 2.93. The van der Waals surface area contributed by atoms with Crippen molar-refractivity contribution in [3.8, 4) is 0 Å². The van der Waals surface area contributed by atoms with Crippen LogP contribution in [-0.2, 0) is 29.6 Å².